The van der Waals surface area contributed by atoms with Crippen molar-refractivity contribution in [2.45, 2.75) is 12.5 Å². The van der Waals surface area contributed by atoms with Gasteiger partial charge in [0.15, 0.2) is 0 Å². The number of rotatable bonds is 0. The molecule has 2 nitrogen and oxygen atoms in total. The molecule has 0 aliphatic carbocycles. The lowest BCUT2D eigenvalue weighted by Crippen LogP contribution is -2.43. The molecule has 50 valence electrons. The van der Waals surface area contributed by atoms with E-state index in [9.17, 15) is 0 Å². The predicted octanol–water partition coefficient (Wildman–Crippen LogP) is 0.590. The molecule has 1 aliphatic rings. The average Bonchev–Trinajstić information content (AvgIpc) is 2.15. The minimum absolute atomic E-state index is 0.354. The topological polar surface area (TPSA) is 49.8 Å². The van der Waals surface area contributed by atoms with Gasteiger partial charge in [0, 0.05) is 5.75 Å². The van der Waals surface area contributed by atoms with Crippen molar-refractivity contribution in [1.82, 2.24) is 0 Å². The molecule has 1 rings (SSSR count). The molecular formula is C6H10N2S. The summed E-state index contributed by atoms with van der Waals surface area (Å²) in [5, 5.41) is 8.61. The first kappa shape index (κ1) is 6.91. The Labute approximate surface area is 59.4 Å². The van der Waals surface area contributed by atoms with Crippen LogP contribution in [0.25, 0.3) is 0 Å². The number of thioether (sulfide) groups is 1. The lowest BCUT2D eigenvalue weighted by molar-refractivity contribution is 0.464. The van der Waals surface area contributed by atoms with E-state index < -0.39 is 5.54 Å². The van der Waals surface area contributed by atoms with Crippen molar-refractivity contribution in [3.63, 3.8) is 0 Å². The normalized spacial score (nSPS) is 42.6. The highest BCUT2D eigenvalue weighted by Gasteiger charge is 2.36. The van der Waals surface area contributed by atoms with Crippen LogP contribution in [0.15, 0.2) is 0 Å². The van der Waals surface area contributed by atoms with Gasteiger partial charge in [0.05, 0.1) is 6.07 Å². The highest BCUT2D eigenvalue weighted by molar-refractivity contribution is 7.99. The minimum atomic E-state index is -0.537. The van der Waals surface area contributed by atoms with Crippen LogP contribution in [-0.4, -0.2) is 17.0 Å². The van der Waals surface area contributed by atoms with Gasteiger partial charge in [-0.15, -0.1) is 0 Å². The van der Waals surface area contributed by atoms with Crippen LogP contribution in [0.3, 0.4) is 0 Å². The van der Waals surface area contributed by atoms with Crippen molar-refractivity contribution < 1.29 is 0 Å². The van der Waals surface area contributed by atoms with Crippen molar-refractivity contribution in [1.29, 1.82) is 5.26 Å². The van der Waals surface area contributed by atoms with Gasteiger partial charge in [-0.3, -0.25) is 0 Å². The van der Waals surface area contributed by atoms with E-state index in [2.05, 4.69) is 6.07 Å². The Balaban J connectivity index is 2.70. The Morgan fingerprint density at radius 1 is 1.89 bits per heavy atom. The third-order valence-electron chi connectivity index (χ3n) is 1.80. The molecule has 0 saturated carbocycles. The predicted molar refractivity (Wildman–Crippen MR) is 39.0 cm³/mol. The summed E-state index contributed by atoms with van der Waals surface area (Å²) in [7, 11) is 0. The Kier molecular flexibility index (Phi) is 1.69. The van der Waals surface area contributed by atoms with E-state index in [1.807, 2.05) is 6.92 Å². The standard InChI is InChI=1S/C6H10N2S/c1-5-2-9-4-6(5,8)3-7/h5H,2,4,8H2,1H3. The third kappa shape index (κ3) is 1.05. The van der Waals surface area contributed by atoms with Gasteiger partial charge in [-0.25, -0.2) is 0 Å². The maximum absolute atomic E-state index is 8.61. The van der Waals surface area contributed by atoms with Crippen LogP contribution in [0.2, 0.25) is 0 Å². The van der Waals surface area contributed by atoms with Crippen LogP contribution in [-0.2, 0) is 0 Å². The smallest absolute Gasteiger partial charge is 0.116 e. The van der Waals surface area contributed by atoms with Crippen LogP contribution in [0.1, 0.15) is 6.92 Å². The Morgan fingerprint density at radius 3 is 2.78 bits per heavy atom. The third-order valence-corrected chi connectivity index (χ3v) is 3.21. The van der Waals surface area contributed by atoms with Crippen LogP contribution in [0, 0.1) is 17.2 Å². The van der Waals surface area contributed by atoms with Crippen molar-refractivity contribution in [3.8, 4) is 6.07 Å². The van der Waals surface area contributed by atoms with Gasteiger partial charge < -0.3 is 5.73 Å². The van der Waals surface area contributed by atoms with Gasteiger partial charge in [-0.2, -0.15) is 17.0 Å². The summed E-state index contributed by atoms with van der Waals surface area (Å²) in [4.78, 5) is 0. The van der Waals surface area contributed by atoms with E-state index in [0.717, 1.165) is 11.5 Å². The second-order valence-corrected chi connectivity index (χ2v) is 3.60. The highest BCUT2D eigenvalue weighted by Crippen LogP contribution is 2.30. The van der Waals surface area contributed by atoms with Crippen LogP contribution >= 0.6 is 11.8 Å². The maximum Gasteiger partial charge on any atom is 0.116 e. The molecule has 0 aromatic carbocycles. The summed E-state index contributed by atoms with van der Waals surface area (Å²) >= 11 is 1.77. The fourth-order valence-electron chi connectivity index (χ4n) is 0.838. The molecule has 0 radical (unpaired) electrons. The average molecular weight is 142 g/mol. The van der Waals surface area contributed by atoms with Crippen molar-refractivity contribution >= 4 is 11.8 Å². The van der Waals surface area contributed by atoms with E-state index in [-0.39, 0.29) is 0 Å². The largest absolute Gasteiger partial charge is 0.312 e. The highest BCUT2D eigenvalue weighted by atomic mass is 32.2. The molecule has 0 bridgehead atoms. The quantitative estimate of drug-likeness (QED) is 0.538. The molecule has 3 heteroatoms. The van der Waals surface area contributed by atoms with Gasteiger partial charge in [-0.05, 0) is 11.7 Å². The monoisotopic (exact) mass is 142 g/mol. The number of nitrogens with two attached hydrogens (primary N) is 1. The van der Waals surface area contributed by atoms with E-state index in [0.29, 0.717) is 5.92 Å². The van der Waals surface area contributed by atoms with E-state index in [4.69, 9.17) is 11.0 Å². The van der Waals surface area contributed by atoms with Crippen LogP contribution in [0.4, 0.5) is 0 Å². The first-order chi connectivity index (χ1) is 4.19. The summed E-state index contributed by atoms with van der Waals surface area (Å²) in [6.07, 6.45) is 0. The van der Waals surface area contributed by atoms with Gasteiger partial charge in [-0.1, -0.05) is 6.92 Å². The second kappa shape index (κ2) is 2.20. The lowest BCUT2D eigenvalue weighted by Gasteiger charge is -2.17. The molecule has 2 unspecified atom stereocenters. The zero-order valence-corrected chi connectivity index (χ0v) is 6.24. The molecule has 0 amide bonds. The van der Waals surface area contributed by atoms with Gasteiger partial charge in [0.25, 0.3) is 0 Å². The van der Waals surface area contributed by atoms with Crippen LogP contribution < -0.4 is 5.73 Å². The molecule has 2 N–H and O–H groups in total. The molecule has 1 saturated heterocycles. The first-order valence-corrected chi connectivity index (χ1v) is 4.12. The molecule has 0 aromatic heterocycles. The zero-order valence-electron chi connectivity index (χ0n) is 5.42. The number of hydrogen-bond donors (Lipinski definition) is 1. The minimum Gasteiger partial charge on any atom is -0.312 e. The van der Waals surface area contributed by atoms with Crippen molar-refractivity contribution in [2.75, 3.05) is 11.5 Å². The summed E-state index contributed by atoms with van der Waals surface area (Å²) in [6.45, 7) is 2.03. The molecule has 2 atom stereocenters. The van der Waals surface area contributed by atoms with Gasteiger partial charge in [0.1, 0.15) is 5.54 Å². The molecule has 0 aromatic rings. The van der Waals surface area contributed by atoms with E-state index in [1.54, 1.807) is 11.8 Å². The summed E-state index contributed by atoms with van der Waals surface area (Å²) in [5.41, 5.74) is 5.18. The SMILES string of the molecule is CC1CSCC1(N)C#N. The molecule has 9 heavy (non-hydrogen) atoms. The van der Waals surface area contributed by atoms with Gasteiger partial charge in [0.2, 0.25) is 0 Å². The number of nitriles is 1. The first-order valence-electron chi connectivity index (χ1n) is 2.97. The van der Waals surface area contributed by atoms with E-state index in [1.165, 1.54) is 0 Å². The zero-order chi connectivity index (χ0) is 6.91. The number of hydrogen-bond acceptors (Lipinski definition) is 3. The fraction of sp³-hybridized carbons (Fsp3) is 0.833. The Bertz CT molecular complexity index is 152. The Hall–Kier alpha value is -0.200. The second-order valence-electron chi connectivity index (χ2n) is 2.57. The summed E-state index contributed by atoms with van der Waals surface area (Å²) in [5.74, 6) is 2.18. The molecule has 1 heterocycles. The maximum atomic E-state index is 8.61. The Morgan fingerprint density at radius 2 is 2.56 bits per heavy atom. The summed E-state index contributed by atoms with van der Waals surface area (Å²) < 4.78 is 0. The number of nitrogens with zero attached hydrogens (tertiary/aromatic N) is 1. The fourth-order valence-corrected chi connectivity index (χ4v) is 2.29. The van der Waals surface area contributed by atoms with Crippen molar-refractivity contribution in [3.05, 3.63) is 0 Å². The molecule has 1 fully saturated rings. The van der Waals surface area contributed by atoms with E-state index >= 15 is 0 Å². The molecule has 0 spiro atoms. The summed E-state index contributed by atoms with van der Waals surface area (Å²) in [6, 6.07) is 2.15. The van der Waals surface area contributed by atoms with Gasteiger partial charge >= 0.3 is 0 Å². The molecular weight excluding hydrogens is 132 g/mol. The lowest BCUT2D eigenvalue weighted by atomic mass is 9.92. The van der Waals surface area contributed by atoms with Crippen molar-refractivity contribution in [2.24, 2.45) is 11.7 Å². The molecule has 1 aliphatic heterocycles. The van der Waals surface area contributed by atoms with Crippen LogP contribution in [0.5, 0.6) is 0 Å².